The first kappa shape index (κ1) is 26.5. The van der Waals surface area contributed by atoms with E-state index in [1.807, 2.05) is 84.8 Å². The van der Waals surface area contributed by atoms with E-state index in [2.05, 4.69) is 16.6 Å². The van der Waals surface area contributed by atoms with Gasteiger partial charge in [-0.15, -0.1) is 0 Å². The third kappa shape index (κ3) is 6.58. The van der Waals surface area contributed by atoms with E-state index >= 15 is 0 Å². The summed E-state index contributed by atoms with van der Waals surface area (Å²) in [5.41, 5.74) is 5.28. The smallest absolute Gasteiger partial charge is 0.407 e. The zero-order valence-electron chi connectivity index (χ0n) is 20.8. The molecule has 0 unspecified atom stereocenters. The topological polar surface area (TPSA) is 114 Å². The number of carboxylic acids is 1. The molecular formula is C30H28N2O6. The highest BCUT2D eigenvalue weighted by atomic mass is 16.5. The van der Waals surface area contributed by atoms with Crippen LogP contribution in [0.4, 0.5) is 4.79 Å². The van der Waals surface area contributed by atoms with Gasteiger partial charge in [-0.25, -0.2) is 9.59 Å². The van der Waals surface area contributed by atoms with Gasteiger partial charge in [0.05, 0.1) is 19.3 Å². The summed E-state index contributed by atoms with van der Waals surface area (Å²) >= 11 is 0. The summed E-state index contributed by atoms with van der Waals surface area (Å²) in [7, 11) is 0. The van der Waals surface area contributed by atoms with E-state index in [-0.39, 0.29) is 25.7 Å². The van der Waals surface area contributed by atoms with Crippen LogP contribution >= 0.6 is 0 Å². The molecule has 0 spiro atoms. The number of carboxylic acid groups (broad SMARTS) is 1. The van der Waals surface area contributed by atoms with Gasteiger partial charge in [-0.1, -0.05) is 84.8 Å². The number of rotatable bonds is 9. The summed E-state index contributed by atoms with van der Waals surface area (Å²) in [6.45, 7) is 1.80. The lowest BCUT2D eigenvalue weighted by molar-refractivity contribution is -0.130. The van der Waals surface area contributed by atoms with Crippen LogP contribution in [0.1, 0.15) is 29.5 Å². The van der Waals surface area contributed by atoms with Crippen LogP contribution in [0.2, 0.25) is 0 Å². The monoisotopic (exact) mass is 512 g/mol. The van der Waals surface area contributed by atoms with E-state index in [0.717, 1.165) is 27.8 Å². The Balaban J connectivity index is 1.42. The summed E-state index contributed by atoms with van der Waals surface area (Å²) in [4.78, 5) is 36.4. The first-order valence-corrected chi connectivity index (χ1v) is 12.2. The Kier molecular flexibility index (Phi) is 8.75. The Bertz CT molecular complexity index is 1320. The Labute approximate surface area is 221 Å². The van der Waals surface area contributed by atoms with Crippen LogP contribution in [0.15, 0.2) is 78.9 Å². The van der Waals surface area contributed by atoms with Crippen molar-refractivity contribution in [2.75, 3.05) is 13.2 Å². The maximum Gasteiger partial charge on any atom is 0.407 e. The number of carbonyl (C=O) groups is 3. The van der Waals surface area contributed by atoms with Crippen molar-refractivity contribution >= 4 is 18.0 Å². The molecule has 8 nitrogen and oxygen atoms in total. The SMILES string of the molecule is C[C@H](OCc1ccccc1)[C@@H](NC(=O)OCC1c2ccccc2-c2ccccc21)C(=O)NCC#CC(=O)O. The Morgan fingerprint density at radius 3 is 2.16 bits per heavy atom. The number of nitrogens with one attached hydrogen (secondary N) is 2. The molecule has 2 atom stereocenters. The second-order valence-electron chi connectivity index (χ2n) is 8.77. The molecule has 38 heavy (non-hydrogen) atoms. The fraction of sp³-hybridized carbons (Fsp3) is 0.233. The quantitative estimate of drug-likeness (QED) is 0.377. The molecule has 0 saturated carbocycles. The second-order valence-corrected chi connectivity index (χ2v) is 8.77. The summed E-state index contributed by atoms with van der Waals surface area (Å²) in [6.07, 6.45) is -1.48. The van der Waals surface area contributed by atoms with E-state index in [1.54, 1.807) is 6.92 Å². The third-order valence-corrected chi connectivity index (χ3v) is 6.27. The minimum absolute atomic E-state index is 0.0948. The predicted molar refractivity (Wildman–Crippen MR) is 141 cm³/mol. The molecule has 0 aliphatic heterocycles. The summed E-state index contributed by atoms with van der Waals surface area (Å²) in [6, 6.07) is 24.3. The molecule has 1 aliphatic carbocycles. The van der Waals surface area contributed by atoms with Crippen LogP contribution in [0, 0.1) is 11.8 Å². The highest BCUT2D eigenvalue weighted by Crippen LogP contribution is 2.44. The molecule has 4 rings (SSSR count). The number of alkyl carbamates (subject to hydrolysis) is 1. The van der Waals surface area contributed by atoms with Crippen molar-refractivity contribution in [2.24, 2.45) is 0 Å². The number of hydrogen-bond donors (Lipinski definition) is 3. The van der Waals surface area contributed by atoms with E-state index in [1.165, 1.54) is 0 Å². The van der Waals surface area contributed by atoms with Gasteiger partial charge in [0.25, 0.3) is 0 Å². The zero-order valence-corrected chi connectivity index (χ0v) is 20.8. The van der Waals surface area contributed by atoms with Crippen LogP contribution in [-0.4, -0.2) is 48.4 Å². The lowest BCUT2D eigenvalue weighted by Gasteiger charge is -2.24. The molecular weight excluding hydrogens is 484 g/mol. The molecule has 0 saturated heterocycles. The van der Waals surface area contributed by atoms with Crippen molar-refractivity contribution in [1.82, 2.24) is 10.6 Å². The number of aliphatic carboxylic acids is 1. The van der Waals surface area contributed by atoms with Gasteiger partial charge in [-0.2, -0.15) is 0 Å². The molecule has 0 heterocycles. The molecule has 8 heteroatoms. The van der Waals surface area contributed by atoms with Gasteiger partial charge >= 0.3 is 12.1 Å². The first-order chi connectivity index (χ1) is 18.4. The van der Waals surface area contributed by atoms with Crippen LogP contribution in [-0.2, 0) is 25.7 Å². The number of fused-ring (bicyclic) bond motifs is 3. The average molecular weight is 513 g/mol. The molecule has 0 bridgehead atoms. The van der Waals surface area contributed by atoms with Crippen LogP contribution in [0.5, 0.6) is 0 Å². The molecule has 3 aromatic rings. The number of amides is 2. The van der Waals surface area contributed by atoms with E-state index < -0.39 is 30.1 Å². The van der Waals surface area contributed by atoms with Gasteiger partial charge in [-0.05, 0) is 34.7 Å². The zero-order chi connectivity index (χ0) is 26.9. The van der Waals surface area contributed by atoms with Crippen LogP contribution < -0.4 is 10.6 Å². The van der Waals surface area contributed by atoms with Gasteiger partial charge in [-0.3, -0.25) is 4.79 Å². The molecule has 3 N–H and O–H groups in total. The Morgan fingerprint density at radius 1 is 0.921 bits per heavy atom. The van der Waals surface area contributed by atoms with Gasteiger partial charge in [0.1, 0.15) is 12.6 Å². The van der Waals surface area contributed by atoms with Crippen molar-refractivity contribution in [2.45, 2.75) is 31.6 Å². The molecule has 0 fully saturated rings. The summed E-state index contributed by atoms with van der Waals surface area (Å²) in [5, 5.41) is 13.8. The molecule has 3 aromatic carbocycles. The summed E-state index contributed by atoms with van der Waals surface area (Å²) in [5.74, 6) is 2.27. The van der Waals surface area contributed by atoms with E-state index in [9.17, 15) is 14.4 Å². The fourth-order valence-electron chi connectivity index (χ4n) is 4.42. The van der Waals surface area contributed by atoms with Crippen LogP contribution in [0.25, 0.3) is 11.1 Å². The molecule has 1 aliphatic rings. The number of ether oxygens (including phenoxy) is 2. The minimum Gasteiger partial charge on any atom is -0.472 e. The lowest BCUT2D eigenvalue weighted by Crippen LogP contribution is -2.53. The average Bonchev–Trinajstić information content (AvgIpc) is 3.25. The fourth-order valence-corrected chi connectivity index (χ4v) is 4.42. The third-order valence-electron chi connectivity index (χ3n) is 6.27. The van der Waals surface area contributed by atoms with E-state index in [4.69, 9.17) is 14.6 Å². The standard InChI is InChI=1S/C30H28N2O6/c1-20(37-18-21-10-3-2-4-11-21)28(29(35)31-17-9-16-27(33)34)32-30(36)38-19-26-24-14-7-5-12-22(24)23-13-6-8-15-25(23)26/h2-8,10-15,20,26,28H,17-19H2,1H3,(H,31,35)(H,32,36)(H,33,34)/t20-,28+/m0/s1. The highest BCUT2D eigenvalue weighted by molar-refractivity contribution is 5.88. The van der Waals surface area contributed by atoms with E-state index in [0.29, 0.717) is 0 Å². The largest absolute Gasteiger partial charge is 0.472 e. The maximum atomic E-state index is 12.9. The number of carbonyl (C=O) groups excluding carboxylic acids is 2. The highest BCUT2D eigenvalue weighted by Gasteiger charge is 2.31. The maximum absolute atomic E-state index is 12.9. The summed E-state index contributed by atoms with van der Waals surface area (Å²) < 4.78 is 11.5. The molecule has 194 valence electrons. The normalized spacial score (nSPS) is 13.2. The van der Waals surface area contributed by atoms with Gasteiger partial charge in [0.15, 0.2) is 0 Å². The van der Waals surface area contributed by atoms with Crippen molar-refractivity contribution in [3.8, 4) is 23.0 Å². The first-order valence-electron chi connectivity index (χ1n) is 12.2. The van der Waals surface area contributed by atoms with Crippen molar-refractivity contribution < 1.29 is 29.0 Å². The van der Waals surface area contributed by atoms with Gasteiger partial charge < -0.3 is 25.2 Å². The van der Waals surface area contributed by atoms with Crippen LogP contribution in [0.3, 0.4) is 0 Å². The number of hydrogen-bond acceptors (Lipinski definition) is 5. The molecule has 2 amide bonds. The number of benzene rings is 3. The Hall–Kier alpha value is -4.61. The lowest BCUT2D eigenvalue weighted by atomic mass is 9.98. The predicted octanol–water partition coefficient (Wildman–Crippen LogP) is 3.70. The molecule has 0 radical (unpaired) electrons. The van der Waals surface area contributed by atoms with Crippen molar-refractivity contribution in [1.29, 1.82) is 0 Å². The second kappa shape index (κ2) is 12.6. The Morgan fingerprint density at radius 2 is 1.53 bits per heavy atom. The van der Waals surface area contributed by atoms with Crippen molar-refractivity contribution in [3.63, 3.8) is 0 Å². The van der Waals surface area contributed by atoms with Gasteiger partial charge in [0, 0.05) is 11.8 Å². The van der Waals surface area contributed by atoms with Crippen molar-refractivity contribution in [3.05, 3.63) is 95.6 Å². The molecule has 0 aromatic heterocycles. The van der Waals surface area contributed by atoms with Gasteiger partial charge in [0.2, 0.25) is 5.91 Å². The minimum atomic E-state index is -1.30.